The van der Waals surface area contributed by atoms with Gasteiger partial charge < -0.3 is 48.9 Å². The summed E-state index contributed by atoms with van der Waals surface area (Å²) < 4.78 is 34.1. The number of carbonyl (C=O) groups is 3. The molecule has 1 fully saturated rings. The van der Waals surface area contributed by atoms with E-state index < -0.39 is 12.1 Å². The zero-order chi connectivity index (χ0) is 32.8. The van der Waals surface area contributed by atoms with Gasteiger partial charge in [-0.15, -0.1) is 0 Å². The van der Waals surface area contributed by atoms with E-state index in [0.717, 1.165) is 11.1 Å². The topological polar surface area (TPSA) is 137 Å². The molecule has 0 aromatic heterocycles. The number of hydrogen-bond acceptors (Lipinski definition) is 9. The maximum atomic E-state index is 13.4. The Hall–Kier alpha value is -5.01. The molecule has 0 unspecified atom stereocenters. The number of rotatable bonds is 5. The van der Waals surface area contributed by atoms with Crippen molar-refractivity contribution in [3.8, 4) is 28.7 Å². The van der Waals surface area contributed by atoms with Crippen LogP contribution in [-0.2, 0) is 32.1 Å². The minimum atomic E-state index is -0.523. The number of anilines is 1. The summed E-state index contributed by atoms with van der Waals surface area (Å²) in [5, 5.41) is 5.92. The predicted molar refractivity (Wildman–Crippen MR) is 170 cm³/mol. The Bertz CT molecular complexity index is 1620. The number of aryl methyl sites for hydroxylation is 1. The summed E-state index contributed by atoms with van der Waals surface area (Å²) in [6, 6.07) is 17.4. The van der Waals surface area contributed by atoms with Crippen LogP contribution >= 0.6 is 0 Å². The second-order valence-corrected chi connectivity index (χ2v) is 11.5. The first-order chi connectivity index (χ1) is 22.9. The molecule has 2 N–H and O–H groups in total. The maximum absolute atomic E-state index is 13.4. The molecular weight excluding hydrogens is 608 g/mol. The van der Waals surface area contributed by atoms with Gasteiger partial charge >= 0.3 is 6.03 Å². The normalized spacial score (nSPS) is 19.6. The largest absolute Gasteiger partial charge is 0.493 e. The van der Waals surface area contributed by atoms with Gasteiger partial charge in [-0.05, 0) is 53.9 Å². The molecule has 2 atom stereocenters. The first-order valence-electron chi connectivity index (χ1n) is 15.5. The molecule has 0 aliphatic carbocycles. The molecule has 3 aliphatic heterocycles. The summed E-state index contributed by atoms with van der Waals surface area (Å²) in [7, 11) is 3.12. The summed E-state index contributed by atoms with van der Waals surface area (Å²) in [4.78, 5) is 43.2. The molecular formula is C34H38N4O9. The van der Waals surface area contributed by atoms with E-state index in [1.807, 2.05) is 42.5 Å². The standard InChI is InChI=1S/C34H38N4O9/c1-42-13-12-37-19-32(39)36-26-17-38(34(41)35-24-8-10-28-29(16-24)46-21-45-28)18-31(26)44-20-23-4-3-5-25(14-23)47-30-15-22(7-11-33(37)40)6-9-27(30)43-2/h3-6,8-10,14-16,26,31H,7,11-13,17-21H2,1-2H3,(H,35,41)(H,36,39)/t26-,31-/m0/s1. The van der Waals surface area contributed by atoms with Crippen molar-refractivity contribution >= 4 is 23.5 Å². The fourth-order valence-corrected chi connectivity index (χ4v) is 5.74. The lowest BCUT2D eigenvalue weighted by atomic mass is 10.1. The van der Waals surface area contributed by atoms with Crippen molar-refractivity contribution in [2.75, 3.05) is 59.1 Å². The van der Waals surface area contributed by atoms with E-state index in [0.29, 0.717) is 40.9 Å². The van der Waals surface area contributed by atoms with Gasteiger partial charge in [0.05, 0.1) is 45.6 Å². The number of urea groups is 1. The molecule has 4 amide bonds. The Morgan fingerprint density at radius 3 is 2.68 bits per heavy atom. The summed E-state index contributed by atoms with van der Waals surface area (Å²) >= 11 is 0. The van der Waals surface area contributed by atoms with Crippen LogP contribution in [0.4, 0.5) is 10.5 Å². The van der Waals surface area contributed by atoms with E-state index in [1.165, 1.54) is 4.90 Å². The molecule has 0 saturated carbocycles. The quantitative estimate of drug-likeness (QED) is 0.427. The highest BCUT2D eigenvalue weighted by atomic mass is 16.7. The van der Waals surface area contributed by atoms with Gasteiger partial charge in [0.1, 0.15) is 5.75 Å². The van der Waals surface area contributed by atoms with E-state index in [1.54, 1.807) is 37.3 Å². The second-order valence-electron chi connectivity index (χ2n) is 11.5. The molecule has 6 rings (SSSR count). The average molecular weight is 647 g/mol. The molecule has 13 nitrogen and oxygen atoms in total. The van der Waals surface area contributed by atoms with Gasteiger partial charge in [0.15, 0.2) is 23.0 Å². The number of benzene rings is 3. The molecule has 3 heterocycles. The number of carbonyl (C=O) groups excluding carboxylic acids is 3. The molecule has 0 spiro atoms. The predicted octanol–water partition coefficient (Wildman–Crippen LogP) is 3.56. The fraction of sp³-hybridized carbons (Fsp3) is 0.382. The van der Waals surface area contributed by atoms with Crippen LogP contribution < -0.4 is 29.6 Å². The van der Waals surface area contributed by atoms with Gasteiger partial charge in [0.25, 0.3) is 0 Å². The number of fused-ring (bicyclic) bond motifs is 6. The number of amides is 4. The van der Waals surface area contributed by atoms with Crippen LogP contribution in [0.15, 0.2) is 60.7 Å². The number of nitrogens with one attached hydrogen (secondary N) is 2. The first kappa shape index (κ1) is 32.0. The highest BCUT2D eigenvalue weighted by Crippen LogP contribution is 2.35. The molecule has 3 aliphatic rings. The zero-order valence-corrected chi connectivity index (χ0v) is 26.4. The van der Waals surface area contributed by atoms with E-state index in [2.05, 4.69) is 10.6 Å². The van der Waals surface area contributed by atoms with Crippen LogP contribution in [0.2, 0.25) is 0 Å². The van der Waals surface area contributed by atoms with Crippen LogP contribution in [0.3, 0.4) is 0 Å². The third-order valence-corrected chi connectivity index (χ3v) is 8.22. The third-order valence-electron chi connectivity index (χ3n) is 8.22. The molecule has 248 valence electrons. The van der Waals surface area contributed by atoms with Crippen molar-refractivity contribution in [1.29, 1.82) is 0 Å². The van der Waals surface area contributed by atoms with Gasteiger partial charge in [-0.2, -0.15) is 0 Å². The van der Waals surface area contributed by atoms with Crippen LogP contribution in [0.25, 0.3) is 0 Å². The van der Waals surface area contributed by atoms with Crippen molar-refractivity contribution in [2.45, 2.75) is 31.6 Å². The number of nitrogens with zero attached hydrogens (tertiary/aromatic N) is 2. The summed E-state index contributed by atoms with van der Waals surface area (Å²) in [6.45, 7) is 1.15. The Labute approximate surface area is 272 Å². The van der Waals surface area contributed by atoms with Gasteiger partial charge in [-0.25, -0.2) is 4.79 Å². The molecule has 0 radical (unpaired) electrons. The number of likely N-dealkylation sites (tertiary alicyclic amines) is 1. The van der Waals surface area contributed by atoms with Crippen LogP contribution in [0, 0.1) is 0 Å². The Kier molecular flexibility index (Phi) is 9.93. The van der Waals surface area contributed by atoms with E-state index in [-0.39, 0.29) is 70.5 Å². The lowest BCUT2D eigenvalue weighted by Gasteiger charge is -2.25. The highest BCUT2D eigenvalue weighted by Gasteiger charge is 2.37. The van der Waals surface area contributed by atoms with Crippen molar-refractivity contribution in [3.63, 3.8) is 0 Å². The number of hydrogen-bond donors (Lipinski definition) is 2. The SMILES string of the molecule is COCCN1CC(=O)N[C@H]2CN(C(=O)Nc3ccc4c(c3)OCO4)C[C@@H]2OCc2cccc(c2)Oc2cc(ccc2OC)CCC1=O. The first-order valence-corrected chi connectivity index (χ1v) is 15.5. The van der Waals surface area contributed by atoms with E-state index in [9.17, 15) is 14.4 Å². The van der Waals surface area contributed by atoms with Crippen molar-refractivity contribution in [1.82, 2.24) is 15.1 Å². The minimum Gasteiger partial charge on any atom is -0.493 e. The average Bonchev–Trinajstić information content (AvgIpc) is 3.71. The zero-order valence-electron chi connectivity index (χ0n) is 26.4. The molecule has 3 aromatic carbocycles. The Balaban J connectivity index is 1.23. The van der Waals surface area contributed by atoms with Crippen LogP contribution in [0.5, 0.6) is 28.7 Å². The molecule has 3 aromatic rings. The lowest BCUT2D eigenvalue weighted by molar-refractivity contribution is -0.137. The van der Waals surface area contributed by atoms with Gasteiger partial charge in [-0.3, -0.25) is 9.59 Å². The third kappa shape index (κ3) is 7.87. The lowest BCUT2D eigenvalue weighted by Crippen LogP contribution is -2.49. The van der Waals surface area contributed by atoms with Crippen molar-refractivity contribution in [2.24, 2.45) is 0 Å². The molecule has 47 heavy (non-hydrogen) atoms. The van der Waals surface area contributed by atoms with Gasteiger partial charge in [0.2, 0.25) is 18.6 Å². The monoisotopic (exact) mass is 646 g/mol. The number of methoxy groups -OCH3 is 2. The Morgan fingerprint density at radius 1 is 0.957 bits per heavy atom. The van der Waals surface area contributed by atoms with E-state index in [4.69, 9.17) is 28.4 Å². The fourth-order valence-electron chi connectivity index (χ4n) is 5.74. The maximum Gasteiger partial charge on any atom is 0.322 e. The van der Waals surface area contributed by atoms with E-state index >= 15 is 0 Å². The summed E-state index contributed by atoms with van der Waals surface area (Å²) in [5.41, 5.74) is 2.29. The van der Waals surface area contributed by atoms with Gasteiger partial charge in [-0.1, -0.05) is 18.2 Å². The molecule has 13 heteroatoms. The minimum absolute atomic E-state index is 0.129. The van der Waals surface area contributed by atoms with Crippen molar-refractivity contribution in [3.05, 3.63) is 71.8 Å². The highest BCUT2D eigenvalue weighted by molar-refractivity contribution is 5.90. The molecule has 1 saturated heterocycles. The Morgan fingerprint density at radius 2 is 1.83 bits per heavy atom. The second kappa shape index (κ2) is 14.6. The number of ether oxygens (including phenoxy) is 6. The smallest absolute Gasteiger partial charge is 0.322 e. The van der Waals surface area contributed by atoms with Crippen molar-refractivity contribution < 1.29 is 42.8 Å². The summed E-state index contributed by atoms with van der Waals surface area (Å²) in [5.74, 6) is 2.29. The van der Waals surface area contributed by atoms with Crippen LogP contribution in [-0.4, -0.2) is 93.6 Å². The summed E-state index contributed by atoms with van der Waals surface area (Å²) in [6.07, 6.45) is 0.0992. The van der Waals surface area contributed by atoms with Gasteiger partial charge in [0, 0.05) is 38.4 Å². The van der Waals surface area contributed by atoms with Crippen LogP contribution in [0.1, 0.15) is 17.5 Å². The molecule has 4 bridgehead atoms.